The van der Waals surface area contributed by atoms with Crippen molar-refractivity contribution in [3.05, 3.63) is 48.0 Å². The molecule has 1 unspecified atom stereocenters. The maximum absolute atomic E-state index is 12.4. The first-order valence-corrected chi connectivity index (χ1v) is 6.65. The molecule has 0 aromatic heterocycles. The molecule has 0 spiro atoms. The number of rotatable bonds is 3. The van der Waals surface area contributed by atoms with E-state index in [9.17, 15) is 4.79 Å². The molecule has 3 rings (SSSR count). The van der Waals surface area contributed by atoms with Crippen LogP contribution in [-0.4, -0.2) is 19.6 Å². The number of hydrogen-bond donors (Lipinski definition) is 2. The second-order valence-electron chi connectivity index (χ2n) is 4.85. The number of ether oxygens (including phenoxy) is 2. The number of amides is 1. The smallest absolute Gasteiger partial charge is 0.235 e. The van der Waals surface area contributed by atoms with Crippen LogP contribution in [0.25, 0.3) is 0 Å². The van der Waals surface area contributed by atoms with Crippen molar-refractivity contribution < 1.29 is 14.3 Å². The van der Waals surface area contributed by atoms with Crippen LogP contribution in [-0.2, 0) is 4.79 Å². The molecule has 3 N–H and O–H groups in total. The third kappa shape index (κ3) is 2.50. The Balaban J connectivity index is 1.77. The number of fused-ring (bicyclic) bond motifs is 1. The first-order valence-electron chi connectivity index (χ1n) is 6.65. The topological polar surface area (TPSA) is 73.6 Å². The van der Waals surface area contributed by atoms with Gasteiger partial charge in [0.25, 0.3) is 0 Å². The number of nitrogens with one attached hydrogen (secondary N) is 1. The van der Waals surface area contributed by atoms with E-state index in [-0.39, 0.29) is 11.8 Å². The molecule has 1 amide bonds. The van der Waals surface area contributed by atoms with Crippen LogP contribution >= 0.6 is 0 Å². The Kier molecular flexibility index (Phi) is 3.39. The van der Waals surface area contributed by atoms with Crippen LogP contribution in [0.3, 0.4) is 0 Å². The molecule has 0 radical (unpaired) electrons. The van der Waals surface area contributed by atoms with Gasteiger partial charge in [-0.2, -0.15) is 0 Å². The number of methoxy groups -OCH3 is 1. The van der Waals surface area contributed by atoms with Crippen LogP contribution in [0.4, 0.5) is 11.4 Å². The molecule has 108 valence electrons. The molecule has 2 aromatic rings. The maximum atomic E-state index is 12.4. The van der Waals surface area contributed by atoms with Crippen molar-refractivity contribution in [1.82, 2.24) is 0 Å². The third-order valence-electron chi connectivity index (χ3n) is 3.51. The average molecular weight is 284 g/mol. The van der Waals surface area contributed by atoms with Gasteiger partial charge in [-0.25, -0.2) is 0 Å². The van der Waals surface area contributed by atoms with E-state index in [0.29, 0.717) is 23.7 Å². The number of hydrogen-bond acceptors (Lipinski definition) is 4. The maximum Gasteiger partial charge on any atom is 0.235 e. The summed E-state index contributed by atoms with van der Waals surface area (Å²) in [5.74, 6) is 0.948. The Morgan fingerprint density at radius 3 is 2.90 bits per heavy atom. The number of carbonyl (C=O) groups is 1. The highest BCUT2D eigenvalue weighted by molar-refractivity contribution is 5.97. The van der Waals surface area contributed by atoms with Crippen LogP contribution in [0.15, 0.2) is 42.5 Å². The molecule has 1 heterocycles. The van der Waals surface area contributed by atoms with E-state index < -0.39 is 0 Å². The van der Waals surface area contributed by atoms with Crippen molar-refractivity contribution in [3.8, 4) is 11.5 Å². The number of nitrogens with two attached hydrogens (primary N) is 1. The van der Waals surface area contributed by atoms with Gasteiger partial charge in [-0.05, 0) is 24.3 Å². The molecular formula is C16H16N2O3. The van der Waals surface area contributed by atoms with E-state index in [1.165, 1.54) is 0 Å². The summed E-state index contributed by atoms with van der Waals surface area (Å²) in [6, 6.07) is 12.7. The standard InChI is InChI=1S/C16H16N2O3/c1-20-15-7-6-10(8-13(15)17)18-16(19)12-9-21-14-5-3-2-4-11(12)14/h2-8,12H,9,17H2,1H3,(H,18,19). The van der Waals surface area contributed by atoms with Crippen molar-refractivity contribution >= 4 is 17.3 Å². The average Bonchev–Trinajstić information content (AvgIpc) is 2.91. The lowest BCUT2D eigenvalue weighted by Gasteiger charge is -2.12. The fourth-order valence-electron chi connectivity index (χ4n) is 2.42. The van der Waals surface area contributed by atoms with Gasteiger partial charge < -0.3 is 20.5 Å². The van der Waals surface area contributed by atoms with Crippen LogP contribution in [0, 0.1) is 0 Å². The summed E-state index contributed by atoms with van der Waals surface area (Å²) in [4.78, 5) is 12.4. The Hall–Kier alpha value is -2.69. The molecular weight excluding hydrogens is 268 g/mol. The normalized spacial score (nSPS) is 16.0. The fourth-order valence-corrected chi connectivity index (χ4v) is 2.42. The minimum atomic E-state index is -0.301. The predicted molar refractivity (Wildman–Crippen MR) is 80.7 cm³/mol. The van der Waals surface area contributed by atoms with Crippen molar-refractivity contribution in [2.45, 2.75) is 5.92 Å². The molecule has 2 aromatic carbocycles. The molecule has 1 aliphatic heterocycles. The van der Waals surface area contributed by atoms with Crippen molar-refractivity contribution in [1.29, 1.82) is 0 Å². The molecule has 0 aliphatic carbocycles. The summed E-state index contributed by atoms with van der Waals surface area (Å²) in [6.07, 6.45) is 0. The first-order chi connectivity index (χ1) is 10.2. The summed E-state index contributed by atoms with van der Waals surface area (Å²) >= 11 is 0. The molecule has 0 saturated carbocycles. The van der Waals surface area contributed by atoms with Crippen molar-refractivity contribution in [2.75, 3.05) is 24.8 Å². The Morgan fingerprint density at radius 2 is 2.14 bits per heavy atom. The van der Waals surface area contributed by atoms with E-state index in [0.717, 1.165) is 11.3 Å². The molecule has 0 saturated heterocycles. The van der Waals surface area contributed by atoms with Gasteiger partial charge >= 0.3 is 0 Å². The van der Waals surface area contributed by atoms with E-state index >= 15 is 0 Å². The lowest BCUT2D eigenvalue weighted by Crippen LogP contribution is -2.22. The van der Waals surface area contributed by atoms with Crippen molar-refractivity contribution in [3.63, 3.8) is 0 Å². The van der Waals surface area contributed by atoms with E-state index in [2.05, 4.69) is 5.32 Å². The number of nitrogen functional groups attached to an aromatic ring is 1. The van der Waals surface area contributed by atoms with Gasteiger partial charge in [0.15, 0.2) is 0 Å². The predicted octanol–water partition coefficient (Wildman–Crippen LogP) is 2.39. The van der Waals surface area contributed by atoms with E-state index in [1.807, 2.05) is 24.3 Å². The Morgan fingerprint density at radius 1 is 1.33 bits per heavy atom. The van der Waals surface area contributed by atoms with Gasteiger partial charge in [0.1, 0.15) is 24.0 Å². The molecule has 0 bridgehead atoms. The fraction of sp³-hybridized carbons (Fsp3) is 0.188. The number of anilines is 2. The highest BCUT2D eigenvalue weighted by Gasteiger charge is 2.30. The van der Waals surface area contributed by atoms with Gasteiger partial charge in [-0.15, -0.1) is 0 Å². The highest BCUT2D eigenvalue weighted by atomic mass is 16.5. The van der Waals surface area contributed by atoms with E-state index in [1.54, 1.807) is 25.3 Å². The van der Waals surface area contributed by atoms with Gasteiger partial charge in [-0.1, -0.05) is 18.2 Å². The molecule has 0 fully saturated rings. The van der Waals surface area contributed by atoms with Gasteiger partial charge in [0.05, 0.1) is 12.8 Å². The minimum Gasteiger partial charge on any atom is -0.495 e. The SMILES string of the molecule is COc1ccc(NC(=O)C2COc3ccccc32)cc1N. The van der Waals surface area contributed by atoms with E-state index in [4.69, 9.17) is 15.2 Å². The molecule has 21 heavy (non-hydrogen) atoms. The second kappa shape index (κ2) is 5.36. The van der Waals surface area contributed by atoms with Crippen LogP contribution in [0.2, 0.25) is 0 Å². The summed E-state index contributed by atoms with van der Waals surface area (Å²) in [6.45, 7) is 0.358. The monoisotopic (exact) mass is 284 g/mol. The van der Waals surface area contributed by atoms with Crippen molar-refractivity contribution in [2.24, 2.45) is 0 Å². The zero-order valence-corrected chi connectivity index (χ0v) is 11.6. The number of benzene rings is 2. The quantitative estimate of drug-likeness (QED) is 0.849. The third-order valence-corrected chi connectivity index (χ3v) is 3.51. The Labute approximate surface area is 122 Å². The summed E-state index contributed by atoms with van der Waals surface area (Å²) in [5, 5.41) is 2.86. The molecule has 1 aliphatic rings. The molecule has 5 nitrogen and oxygen atoms in total. The van der Waals surface area contributed by atoms with Gasteiger partial charge in [0, 0.05) is 11.3 Å². The molecule has 5 heteroatoms. The van der Waals surface area contributed by atoms with Crippen LogP contribution < -0.4 is 20.5 Å². The zero-order chi connectivity index (χ0) is 14.8. The summed E-state index contributed by atoms with van der Waals surface area (Å²) in [7, 11) is 1.55. The van der Waals surface area contributed by atoms with Gasteiger partial charge in [-0.3, -0.25) is 4.79 Å². The lowest BCUT2D eigenvalue weighted by atomic mass is 10.0. The van der Waals surface area contributed by atoms with Crippen LogP contribution in [0.1, 0.15) is 11.5 Å². The number of para-hydroxylation sites is 1. The first kappa shape index (κ1) is 13.3. The molecule has 1 atom stereocenters. The minimum absolute atomic E-state index is 0.107. The second-order valence-corrected chi connectivity index (χ2v) is 4.85. The summed E-state index contributed by atoms with van der Waals surface area (Å²) < 4.78 is 10.6. The zero-order valence-electron chi connectivity index (χ0n) is 11.6. The largest absolute Gasteiger partial charge is 0.495 e. The summed E-state index contributed by atoms with van der Waals surface area (Å²) in [5.41, 5.74) is 7.88. The highest BCUT2D eigenvalue weighted by Crippen LogP contribution is 2.34. The Bertz CT molecular complexity index is 685. The van der Waals surface area contributed by atoms with Crippen LogP contribution in [0.5, 0.6) is 11.5 Å². The number of carbonyl (C=O) groups excluding carboxylic acids is 1. The van der Waals surface area contributed by atoms with Gasteiger partial charge in [0.2, 0.25) is 5.91 Å². The lowest BCUT2D eigenvalue weighted by molar-refractivity contribution is -0.117.